The van der Waals surface area contributed by atoms with Crippen molar-refractivity contribution in [2.45, 2.75) is 53.6 Å². The standard InChI is InChI=1S/C9H16INO3S/c1-9(2,10)15(13,14)8-5-3-7(11-12)4-6-8/h7-8H,3-6H2,1-2H3. The molecular weight excluding hydrogens is 329 g/mol. The molecule has 0 bridgehead atoms. The number of nitroso groups, excluding NO2 is 1. The van der Waals surface area contributed by atoms with Crippen LogP contribution in [0.4, 0.5) is 0 Å². The number of hydrogen-bond acceptors (Lipinski definition) is 4. The molecular formula is C9H16INO3S. The van der Waals surface area contributed by atoms with Gasteiger partial charge in [0, 0.05) is 0 Å². The van der Waals surface area contributed by atoms with Gasteiger partial charge in [0.25, 0.3) is 0 Å². The second kappa shape index (κ2) is 4.65. The highest BCUT2D eigenvalue weighted by atomic mass is 127. The zero-order valence-corrected chi connectivity index (χ0v) is 11.9. The van der Waals surface area contributed by atoms with E-state index in [1.807, 2.05) is 22.6 Å². The fraction of sp³-hybridized carbons (Fsp3) is 1.00. The van der Waals surface area contributed by atoms with E-state index in [2.05, 4.69) is 5.18 Å². The summed E-state index contributed by atoms with van der Waals surface area (Å²) < 4.78 is 23.4. The Labute approximate surface area is 104 Å². The summed E-state index contributed by atoms with van der Waals surface area (Å²) in [7, 11) is -3.09. The summed E-state index contributed by atoms with van der Waals surface area (Å²) >= 11 is 1.96. The molecule has 1 rings (SSSR count). The van der Waals surface area contributed by atoms with Crippen molar-refractivity contribution in [1.29, 1.82) is 0 Å². The second-order valence-electron chi connectivity index (χ2n) is 4.44. The maximum absolute atomic E-state index is 12.1. The molecule has 88 valence electrons. The Hall–Kier alpha value is 0.280. The minimum absolute atomic E-state index is 0.172. The molecule has 1 aliphatic rings. The molecule has 1 fully saturated rings. The predicted octanol–water partition coefficient (Wildman–Crippen LogP) is 2.65. The summed E-state index contributed by atoms with van der Waals surface area (Å²) in [6.45, 7) is 3.43. The number of nitrogens with zero attached hydrogens (tertiary/aromatic N) is 1. The van der Waals surface area contributed by atoms with Gasteiger partial charge in [0.15, 0.2) is 9.84 Å². The third kappa shape index (κ3) is 2.89. The van der Waals surface area contributed by atoms with Crippen molar-refractivity contribution >= 4 is 32.4 Å². The molecule has 0 amide bonds. The number of hydrogen-bond donors (Lipinski definition) is 0. The van der Waals surface area contributed by atoms with Crippen molar-refractivity contribution in [1.82, 2.24) is 0 Å². The highest BCUT2D eigenvalue weighted by Crippen LogP contribution is 2.35. The summed E-state index contributed by atoms with van der Waals surface area (Å²) in [6.07, 6.45) is 2.37. The lowest BCUT2D eigenvalue weighted by molar-refractivity contribution is 0.431. The van der Waals surface area contributed by atoms with E-state index in [0.717, 1.165) is 0 Å². The summed E-state index contributed by atoms with van der Waals surface area (Å²) in [6, 6.07) is -0.172. The molecule has 0 heterocycles. The molecule has 4 nitrogen and oxygen atoms in total. The van der Waals surface area contributed by atoms with Crippen molar-refractivity contribution < 1.29 is 8.42 Å². The van der Waals surface area contributed by atoms with Crippen LogP contribution in [0.5, 0.6) is 0 Å². The Balaban J connectivity index is 2.73. The van der Waals surface area contributed by atoms with Crippen LogP contribution in [-0.2, 0) is 9.84 Å². The molecule has 0 aromatic heterocycles. The Morgan fingerprint density at radius 2 is 1.67 bits per heavy atom. The van der Waals surface area contributed by atoms with E-state index in [0.29, 0.717) is 25.7 Å². The Morgan fingerprint density at radius 3 is 2.00 bits per heavy atom. The van der Waals surface area contributed by atoms with Gasteiger partial charge in [-0.05, 0) is 39.5 Å². The maximum Gasteiger partial charge on any atom is 0.167 e. The van der Waals surface area contributed by atoms with Gasteiger partial charge in [0.2, 0.25) is 0 Å². The first-order chi connectivity index (χ1) is 6.79. The number of sulfone groups is 1. The molecule has 0 radical (unpaired) electrons. The average Bonchev–Trinajstić information content (AvgIpc) is 2.16. The SMILES string of the molecule is CC(C)(I)S(=O)(=O)C1CCC(N=O)CC1. The maximum atomic E-state index is 12.1. The van der Waals surface area contributed by atoms with Crippen molar-refractivity contribution in [3.8, 4) is 0 Å². The van der Waals surface area contributed by atoms with E-state index in [4.69, 9.17) is 0 Å². The smallest absolute Gasteiger partial charge is 0.167 e. The molecule has 0 aromatic carbocycles. The quantitative estimate of drug-likeness (QED) is 0.449. The van der Waals surface area contributed by atoms with Gasteiger partial charge in [0.05, 0.1) is 11.3 Å². The minimum atomic E-state index is -3.09. The molecule has 6 heteroatoms. The van der Waals surface area contributed by atoms with Crippen LogP contribution in [0.1, 0.15) is 39.5 Å². The summed E-state index contributed by atoms with van der Waals surface area (Å²) in [5.41, 5.74) is 0. The van der Waals surface area contributed by atoms with E-state index >= 15 is 0 Å². The molecule has 1 saturated carbocycles. The van der Waals surface area contributed by atoms with Crippen molar-refractivity contribution in [3.63, 3.8) is 0 Å². The van der Waals surface area contributed by atoms with Gasteiger partial charge >= 0.3 is 0 Å². The number of halogens is 1. The van der Waals surface area contributed by atoms with Crippen LogP contribution >= 0.6 is 22.6 Å². The molecule has 0 N–H and O–H groups in total. The molecule has 0 aliphatic heterocycles. The van der Waals surface area contributed by atoms with E-state index in [1.54, 1.807) is 13.8 Å². The highest BCUT2D eigenvalue weighted by molar-refractivity contribution is 14.1. The summed E-state index contributed by atoms with van der Waals surface area (Å²) in [4.78, 5) is 10.3. The van der Waals surface area contributed by atoms with Gasteiger partial charge in [-0.1, -0.05) is 27.8 Å². The van der Waals surface area contributed by atoms with Crippen LogP contribution < -0.4 is 0 Å². The summed E-state index contributed by atoms with van der Waals surface area (Å²) in [5.74, 6) is 0. The molecule has 0 saturated heterocycles. The normalized spacial score (nSPS) is 28.7. The van der Waals surface area contributed by atoms with Gasteiger partial charge < -0.3 is 0 Å². The molecule has 0 atom stereocenters. The lowest BCUT2D eigenvalue weighted by Gasteiger charge is -2.29. The van der Waals surface area contributed by atoms with Crippen molar-refractivity contribution in [2.75, 3.05) is 0 Å². The second-order valence-corrected chi connectivity index (χ2v) is 10.7. The third-order valence-electron chi connectivity index (χ3n) is 2.91. The fourth-order valence-corrected chi connectivity index (χ4v) is 4.62. The van der Waals surface area contributed by atoms with Gasteiger partial charge in [-0.3, -0.25) is 0 Å². The first kappa shape index (κ1) is 13.3. The van der Waals surface area contributed by atoms with Crippen molar-refractivity contribution in [2.24, 2.45) is 5.18 Å². The van der Waals surface area contributed by atoms with Gasteiger partial charge in [0.1, 0.15) is 2.75 Å². The molecule has 0 spiro atoms. The van der Waals surface area contributed by atoms with Crippen LogP contribution in [0.15, 0.2) is 5.18 Å². The van der Waals surface area contributed by atoms with Crippen LogP contribution in [0.3, 0.4) is 0 Å². The van der Waals surface area contributed by atoms with Gasteiger partial charge in [-0.15, -0.1) is 0 Å². The largest absolute Gasteiger partial charge is 0.227 e. The molecule has 1 aliphatic carbocycles. The third-order valence-corrected chi connectivity index (χ3v) is 7.45. The Bertz CT molecular complexity index is 326. The van der Waals surface area contributed by atoms with E-state index in [-0.39, 0.29) is 11.3 Å². The number of alkyl halides is 1. The topological polar surface area (TPSA) is 63.6 Å². The van der Waals surface area contributed by atoms with E-state index in [9.17, 15) is 13.3 Å². The fourth-order valence-electron chi connectivity index (χ4n) is 1.86. The predicted molar refractivity (Wildman–Crippen MR) is 68.9 cm³/mol. The average molecular weight is 345 g/mol. The lowest BCUT2D eigenvalue weighted by atomic mass is 9.96. The highest BCUT2D eigenvalue weighted by Gasteiger charge is 2.40. The van der Waals surface area contributed by atoms with Crippen LogP contribution in [0.25, 0.3) is 0 Å². The molecule has 0 unspecified atom stereocenters. The van der Waals surface area contributed by atoms with Gasteiger partial charge in [-0.25, -0.2) is 8.42 Å². The molecule has 0 aromatic rings. The Kier molecular flexibility index (Phi) is 4.13. The van der Waals surface area contributed by atoms with E-state index < -0.39 is 12.6 Å². The molecule has 15 heavy (non-hydrogen) atoms. The first-order valence-corrected chi connectivity index (χ1v) is 7.66. The van der Waals surface area contributed by atoms with Gasteiger partial charge in [-0.2, -0.15) is 4.91 Å². The minimum Gasteiger partial charge on any atom is -0.227 e. The van der Waals surface area contributed by atoms with Crippen molar-refractivity contribution in [3.05, 3.63) is 4.91 Å². The van der Waals surface area contributed by atoms with Crippen LogP contribution in [-0.4, -0.2) is 22.5 Å². The first-order valence-electron chi connectivity index (χ1n) is 5.04. The monoisotopic (exact) mass is 345 g/mol. The lowest BCUT2D eigenvalue weighted by Crippen LogP contribution is -2.37. The van der Waals surface area contributed by atoms with Crippen LogP contribution in [0.2, 0.25) is 0 Å². The number of rotatable bonds is 3. The summed E-state index contributed by atoms with van der Waals surface area (Å²) in [5, 5.41) is 2.69. The Morgan fingerprint density at radius 1 is 1.20 bits per heavy atom. The zero-order chi connectivity index (χ0) is 11.7. The zero-order valence-electron chi connectivity index (χ0n) is 8.94. The van der Waals surface area contributed by atoms with Crippen LogP contribution in [0, 0.1) is 4.91 Å². The van der Waals surface area contributed by atoms with E-state index in [1.165, 1.54) is 0 Å².